The van der Waals surface area contributed by atoms with Crippen LogP contribution in [0, 0.1) is 5.82 Å². The molecule has 0 unspecified atom stereocenters. The average Bonchev–Trinajstić information content (AvgIpc) is 3.31. The van der Waals surface area contributed by atoms with E-state index < -0.39 is 8.07 Å². The van der Waals surface area contributed by atoms with Crippen molar-refractivity contribution >= 4 is 19.1 Å². The number of hydrogen-bond acceptors (Lipinski definition) is 3. The molecule has 0 saturated carbocycles. The Labute approximate surface area is 170 Å². The number of H-pyrrole nitrogens is 1. The number of nitrogens with zero attached hydrogens (tertiary/aromatic N) is 3. The number of fused-ring (bicyclic) bond motifs is 1. The Morgan fingerprint density at radius 1 is 1.07 bits per heavy atom. The number of ether oxygens (including phenoxy) is 1. The fourth-order valence-corrected chi connectivity index (χ4v) is 3.92. The summed E-state index contributed by atoms with van der Waals surface area (Å²) in [6.07, 6.45) is 3.68. The Kier molecular flexibility index (Phi) is 5.34. The van der Waals surface area contributed by atoms with Crippen LogP contribution in [0.5, 0.6) is 0 Å². The molecule has 0 aliphatic heterocycles. The van der Waals surface area contributed by atoms with Crippen molar-refractivity contribution in [2.24, 2.45) is 0 Å². The minimum Gasteiger partial charge on any atom is -0.360 e. The van der Waals surface area contributed by atoms with Gasteiger partial charge < -0.3 is 9.72 Å². The molecular weight excluding hydrogens is 383 g/mol. The van der Waals surface area contributed by atoms with E-state index in [-0.39, 0.29) is 5.82 Å². The summed E-state index contributed by atoms with van der Waals surface area (Å²) in [6.45, 7) is 8.13. The maximum atomic E-state index is 13.4. The van der Waals surface area contributed by atoms with E-state index in [0.29, 0.717) is 6.73 Å². The molecule has 4 rings (SSSR count). The van der Waals surface area contributed by atoms with Crippen molar-refractivity contribution in [1.29, 1.82) is 0 Å². The maximum absolute atomic E-state index is 13.4. The van der Waals surface area contributed by atoms with Gasteiger partial charge in [0, 0.05) is 32.0 Å². The second kappa shape index (κ2) is 7.92. The summed E-state index contributed by atoms with van der Waals surface area (Å²) < 4.78 is 21.1. The zero-order chi connectivity index (χ0) is 20.4. The van der Waals surface area contributed by atoms with Gasteiger partial charge in [0.15, 0.2) is 0 Å². The second-order valence-electron chi connectivity index (χ2n) is 8.42. The van der Waals surface area contributed by atoms with Gasteiger partial charge in [-0.15, -0.1) is 0 Å². The minimum absolute atomic E-state index is 0.261. The molecule has 2 aromatic heterocycles. The molecule has 2 aromatic carbocycles. The quantitative estimate of drug-likeness (QED) is 0.322. The number of nitrogens with one attached hydrogen (secondary N) is 1. The Bertz CT molecular complexity index is 1110. The highest BCUT2D eigenvalue weighted by atomic mass is 28.3. The summed E-state index contributed by atoms with van der Waals surface area (Å²) in [4.78, 5) is 7.43. The van der Waals surface area contributed by atoms with Crippen LogP contribution in [0.1, 0.15) is 0 Å². The number of aromatic nitrogens is 4. The van der Waals surface area contributed by atoms with Crippen LogP contribution in [0.25, 0.3) is 33.4 Å². The molecular formula is C22H25FN4OSi. The highest BCUT2D eigenvalue weighted by Gasteiger charge is 2.15. The average molecular weight is 409 g/mol. The Morgan fingerprint density at radius 2 is 1.83 bits per heavy atom. The lowest BCUT2D eigenvalue weighted by Crippen LogP contribution is -2.22. The van der Waals surface area contributed by atoms with Crippen molar-refractivity contribution in [3.8, 4) is 22.4 Å². The van der Waals surface area contributed by atoms with Crippen molar-refractivity contribution in [3.05, 3.63) is 60.8 Å². The number of imidazole rings is 1. The van der Waals surface area contributed by atoms with Gasteiger partial charge in [-0.3, -0.25) is 0 Å². The SMILES string of the molecule is C[Si](C)(C)CCOCn1cc(-c2ccc3nc[nH]c3c2)c(-c2ccc(F)cc2)n1. The van der Waals surface area contributed by atoms with Crippen LogP contribution in [0.15, 0.2) is 55.0 Å². The van der Waals surface area contributed by atoms with E-state index >= 15 is 0 Å². The zero-order valence-electron chi connectivity index (χ0n) is 16.9. The summed E-state index contributed by atoms with van der Waals surface area (Å²) in [7, 11) is -1.13. The smallest absolute Gasteiger partial charge is 0.139 e. The molecule has 0 radical (unpaired) electrons. The summed E-state index contributed by atoms with van der Waals surface area (Å²) in [6, 6.07) is 13.6. The molecule has 0 bridgehead atoms. The lowest BCUT2D eigenvalue weighted by Gasteiger charge is -2.15. The van der Waals surface area contributed by atoms with Gasteiger partial charge in [0.1, 0.15) is 18.2 Å². The molecule has 7 heteroatoms. The fourth-order valence-electron chi connectivity index (χ4n) is 3.16. The predicted molar refractivity (Wildman–Crippen MR) is 117 cm³/mol. The number of hydrogen-bond donors (Lipinski definition) is 1. The Morgan fingerprint density at radius 3 is 2.59 bits per heavy atom. The predicted octanol–water partition coefficient (Wildman–Crippen LogP) is 5.54. The summed E-state index contributed by atoms with van der Waals surface area (Å²) in [5.41, 5.74) is 5.55. The van der Waals surface area contributed by atoms with Gasteiger partial charge in [0.2, 0.25) is 0 Å². The molecule has 0 atom stereocenters. The van der Waals surface area contributed by atoms with E-state index in [1.165, 1.54) is 12.1 Å². The number of rotatable bonds is 7. The highest BCUT2D eigenvalue weighted by Crippen LogP contribution is 2.32. The summed E-state index contributed by atoms with van der Waals surface area (Å²) in [5.74, 6) is -0.261. The molecule has 29 heavy (non-hydrogen) atoms. The van der Waals surface area contributed by atoms with Crippen molar-refractivity contribution in [1.82, 2.24) is 19.7 Å². The van der Waals surface area contributed by atoms with E-state index in [1.54, 1.807) is 18.5 Å². The highest BCUT2D eigenvalue weighted by molar-refractivity contribution is 6.76. The van der Waals surface area contributed by atoms with E-state index in [0.717, 1.165) is 46.1 Å². The largest absolute Gasteiger partial charge is 0.360 e. The van der Waals surface area contributed by atoms with Gasteiger partial charge in [-0.2, -0.15) is 5.10 Å². The minimum atomic E-state index is -1.13. The third kappa shape index (κ3) is 4.63. The normalized spacial score (nSPS) is 12.0. The molecule has 5 nitrogen and oxygen atoms in total. The molecule has 150 valence electrons. The molecule has 0 aliphatic rings. The van der Waals surface area contributed by atoms with Gasteiger partial charge in [0.25, 0.3) is 0 Å². The molecule has 2 heterocycles. The lowest BCUT2D eigenvalue weighted by atomic mass is 10.0. The monoisotopic (exact) mass is 408 g/mol. The Balaban J connectivity index is 1.66. The standard InChI is InChI=1S/C22H25FN4OSi/c1-29(2,3)11-10-28-15-27-13-19(17-6-9-20-21(12-17)25-14-24-20)22(26-27)16-4-7-18(23)8-5-16/h4-9,12-14H,10-11,15H2,1-3H3,(H,24,25). The van der Waals surface area contributed by atoms with Crippen LogP contribution >= 0.6 is 0 Å². The molecule has 4 aromatic rings. The van der Waals surface area contributed by atoms with Crippen molar-refractivity contribution < 1.29 is 9.13 Å². The van der Waals surface area contributed by atoms with Gasteiger partial charge in [-0.25, -0.2) is 14.1 Å². The van der Waals surface area contributed by atoms with E-state index in [2.05, 4.69) is 35.7 Å². The van der Waals surface area contributed by atoms with Gasteiger partial charge in [-0.05, 0) is 48.0 Å². The number of halogens is 1. The third-order valence-electron chi connectivity index (χ3n) is 4.83. The first-order chi connectivity index (χ1) is 13.9. The number of aromatic amines is 1. The van der Waals surface area contributed by atoms with Crippen LogP contribution in [0.2, 0.25) is 25.7 Å². The van der Waals surface area contributed by atoms with Crippen molar-refractivity contribution in [2.45, 2.75) is 32.4 Å². The molecule has 0 saturated heterocycles. The van der Waals surface area contributed by atoms with Crippen LogP contribution in [0.3, 0.4) is 0 Å². The van der Waals surface area contributed by atoms with Crippen LogP contribution in [0.4, 0.5) is 4.39 Å². The maximum Gasteiger partial charge on any atom is 0.139 e. The molecule has 1 N–H and O–H groups in total. The first kappa shape index (κ1) is 19.5. The van der Waals surface area contributed by atoms with E-state index in [4.69, 9.17) is 9.84 Å². The molecule has 0 fully saturated rings. The topological polar surface area (TPSA) is 55.7 Å². The molecule has 0 amide bonds. The third-order valence-corrected chi connectivity index (χ3v) is 6.53. The molecule has 0 aliphatic carbocycles. The van der Waals surface area contributed by atoms with Crippen molar-refractivity contribution in [2.75, 3.05) is 6.61 Å². The summed E-state index contributed by atoms with van der Waals surface area (Å²) in [5, 5.41) is 4.74. The van der Waals surface area contributed by atoms with Crippen LogP contribution in [-0.2, 0) is 11.5 Å². The van der Waals surface area contributed by atoms with Crippen LogP contribution in [-0.4, -0.2) is 34.4 Å². The van der Waals surface area contributed by atoms with Gasteiger partial charge in [0.05, 0.1) is 17.4 Å². The first-order valence-electron chi connectivity index (χ1n) is 9.74. The van der Waals surface area contributed by atoms with Crippen molar-refractivity contribution in [3.63, 3.8) is 0 Å². The Hall–Kier alpha value is -2.77. The zero-order valence-corrected chi connectivity index (χ0v) is 17.9. The molecule has 0 spiro atoms. The second-order valence-corrected chi connectivity index (χ2v) is 14.0. The first-order valence-corrected chi connectivity index (χ1v) is 13.4. The van der Waals surface area contributed by atoms with E-state index in [9.17, 15) is 4.39 Å². The van der Waals surface area contributed by atoms with Crippen LogP contribution < -0.4 is 0 Å². The van der Waals surface area contributed by atoms with Gasteiger partial charge >= 0.3 is 0 Å². The fraction of sp³-hybridized carbons (Fsp3) is 0.273. The van der Waals surface area contributed by atoms with Gasteiger partial charge in [-0.1, -0.05) is 25.7 Å². The summed E-state index contributed by atoms with van der Waals surface area (Å²) >= 11 is 0. The van der Waals surface area contributed by atoms with E-state index in [1.807, 2.05) is 23.0 Å². The lowest BCUT2D eigenvalue weighted by molar-refractivity contribution is 0.0788. The number of benzene rings is 2.